The summed E-state index contributed by atoms with van der Waals surface area (Å²) < 4.78 is 27.0. The molecule has 0 heterocycles. The predicted molar refractivity (Wildman–Crippen MR) is 110 cm³/mol. The second-order valence-electron chi connectivity index (χ2n) is 5.80. The number of hydrogen-bond acceptors (Lipinski definition) is 3. The zero-order valence-corrected chi connectivity index (χ0v) is 14.8. The Morgan fingerprint density at radius 2 is 1.89 bits per heavy atom. The third kappa shape index (κ3) is 4.36. The van der Waals surface area contributed by atoms with Crippen molar-refractivity contribution in [1.82, 2.24) is 0 Å². The van der Waals surface area contributed by atoms with Gasteiger partial charge in [-0.1, -0.05) is 25.3 Å². The molecule has 0 saturated heterocycles. The molecular weight excluding hydrogens is 348 g/mol. The summed E-state index contributed by atoms with van der Waals surface area (Å²) in [4.78, 5) is 12.1. The number of allylic oxidation sites excluding steroid dienone is 2. The normalized spacial score (nSPS) is 11.4. The van der Waals surface area contributed by atoms with Crippen LogP contribution in [0.25, 0.3) is 11.1 Å². The average molecular weight is 371 g/mol. The molecule has 0 radical (unpaired) electrons. The predicted octanol–water partition coefficient (Wildman–Crippen LogP) is 5.57. The maximum absolute atomic E-state index is 13.6. The summed E-state index contributed by atoms with van der Waals surface area (Å²) in [5, 5.41) is 9.77. The molecule has 27 heavy (non-hydrogen) atoms. The van der Waals surface area contributed by atoms with Crippen LogP contribution in [0.1, 0.15) is 14.0 Å². The van der Waals surface area contributed by atoms with E-state index in [1.54, 1.807) is 30.3 Å². The van der Waals surface area contributed by atoms with E-state index in [2.05, 4.69) is 18.5 Å². The number of halogens is 2. The van der Waals surface area contributed by atoms with Crippen LogP contribution in [-0.2, 0) is 4.79 Å². The highest BCUT2D eigenvalue weighted by Crippen LogP contribution is 2.29. The molecule has 0 aromatic heterocycles. The first-order chi connectivity index (χ1) is 12.8. The number of rotatable bonds is 6. The van der Waals surface area contributed by atoms with Gasteiger partial charge >= 0.3 is 0 Å². The lowest BCUT2D eigenvalue weighted by atomic mass is 9.97. The number of nitrogens with one attached hydrogen (secondary N) is 2. The second kappa shape index (κ2) is 8.23. The van der Waals surface area contributed by atoms with Crippen molar-refractivity contribution in [2.24, 2.45) is 0 Å². The Morgan fingerprint density at radius 3 is 2.41 bits per heavy atom. The van der Waals surface area contributed by atoms with E-state index in [-0.39, 0.29) is 2.85 Å². The monoisotopic (exact) mass is 371 g/mol. The molecule has 4 nitrogen and oxygen atoms in total. The highest BCUT2D eigenvalue weighted by molar-refractivity contribution is 6.07. The third-order valence-electron chi connectivity index (χ3n) is 3.96. The molecule has 0 fully saturated rings. The van der Waals surface area contributed by atoms with E-state index in [1.807, 2.05) is 13.0 Å². The summed E-state index contributed by atoms with van der Waals surface area (Å²) in [6, 6.07) is 10.3. The lowest BCUT2D eigenvalue weighted by molar-refractivity contribution is -0.112. The molecule has 0 aliphatic carbocycles. The SMILES string of the molecule is C=C/C(F)=C(\C(=C)F)C(=O)Nc1ccc(-c2cc(N)c(C=N)cc2C)cc1.[HH].[HH]. The Balaban J connectivity index is 0.00000392. The fourth-order valence-electron chi connectivity index (χ4n) is 2.57. The van der Waals surface area contributed by atoms with Gasteiger partial charge in [-0.05, 0) is 54.0 Å². The molecule has 0 aliphatic heterocycles. The molecule has 0 aliphatic rings. The van der Waals surface area contributed by atoms with Crippen LogP contribution in [0, 0.1) is 12.3 Å². The number of aryl methyl sites for hydroxylation is 1. The minimum atomic E-state index is -1.18. The maximum Gasteiger partial charge on any atom is 0.261 e. The average Bonchev–Trinajstić information content (AvgIpc) is 2.63. The number of anilines is 2. The van der Waals surface area contributed by atoms with Crippen LogP contribution in [-0.4, -0.2) is 12.1 Å². The van der Waals surface area contributed by atoms with Crippen molar-refractivity contribution in [2.75, 3.05) is 11.1 Å². The first-order valence-electron chi connectivity index (χ1n) is 7.97. The summed E-state index contributed by atoms with van der Waals surface area (Å²) in [6.45, 7) is 8.06. The van der Waals surface area contributed by atoms with Gasteiger partial charge in [0.1, 0.15) is 17.2 Å². The molecule has 4 N–H and O–H groups in total. The van der Waals surface area contributed by atoms with Crippen LogP contribution >= 0.6 is 0 Å². The summed E-state index contributed by atoms with van der Waals surface area (Å²) in [7, 11) is 0. The van der Waals surface area contributed by atoms with Gasteiger partial charge in [0.05, 0.1) is 0 Å². The van der Waals surface area contributed by atoms with E-state index in [1.165, 1.54) is 6.21 Å². The minimum Gasteiger partial charge on any atom is -0.398 e. The van der Waals surface area contributed by atoms with Gasteiger partial charge in [0.15, 0.2) is 0 Å². The van der Waals surface area contributed by atoms with Gasteiger partial charge in [-0.2, -0.15) is 0 Å². The van der Waals surface area contributed by atoms with Gasteiger partial charge in [-0.3, -0.25) is 4.79 Å². The molecule has 2 aromatic rings. The third-order valence-corrected chi connectivity index (χ3v) is 3.96. The molecule has 2 rings (SSSR count). The highest BCUT2D eigenvalue weighted by atomic mass is 19.1. The summed E-state index contributed by atoms with van der Waals surface area (Å²) >= 11 is 0. The van der Waals surface area contributed by atoms with Gasteiger partial charge in [0.25, 0.3) is 5.91 Å². The van der Waals surface area contributed by atoms with Crippen LogP contribution in [0.4, 0.5) is 20.2 Å². The van der Waals surface area contributed by atoms with Crippen LogP contribution in [0.3, 0.4) is 0 Å². The fourth-order valence-corrected chi connectivity index (χ4v) is 2.57. The van der Waals surface area contributed by atoms with Crippen LogP contribution in [0.15, 0.2) is 72.9 Å². The number of hydrogen-bond donors (Lipinski definition) is 3. The van der Waals surface area contributed by atoms with Crippen molar-refractivity contribution in [3.05, 3.63) is 84.0 Å². The van der Waals surface area contributed by atoms with Crippen molar-refractivity contribution in [3.63, 3.8) is 0 Å². The Morgan fingerprint density at radius 1 is 1.26 bits per heavy atom. The van der Waals surface area contributed by atoms with E-state index in [0.29, 0.717) is 16.9 Å². The summed E-state index contributed by atoms with van der Waals surface area (Å²) in [6.07, 6.45) is 1.94. The highest BCUT2D eigenvalue weighted by Gasteiger charge is 2.18. The lowest BCUT2D eigenvalue weighted by Crippen LogP contribution is -2.15. The molecule has 0 atom stereocenters. The van der Waals surface area contributed by atoms with E-state index in [9.17, 15) is 13.6 Å². The molecule has 0 saturated carbocycles. The molecule has 142 valence electrons. The van der Waals surface area contributed by atoms with Gasteiger partial charge in [-0.15, -0.1) is 0 Å². The molecule has 2 aromatic carbocycles. The number of nitrogens with two attached hydrogens (primary N) is 1. The van der Waals surface area contributed by atoms with Crippen molar-refractivity contribution >= 4 is 23.5 Å². The molecule has 1 amide bonds. The number of carbonyl (C=O) groups excluding carboxylic acids is 1. The van der Waals surface area contributed by atoms with E-state index < -0.39 is 23.1 Å². The van der Waals surface area contributed by atoms with Crippen molar-refractivity contribution in [2.45, 2.75) is 6.92 Å². The van der Waals surface area contributed by atoms with E-state index in [0.717, 1.165) is 22.8 Å². The van der Waals surface area contributed by atoms with Crippen molar-refractivity contribution in [3.8, 4) is 11.1 Å². The van der Waals surface area contributed by atoms with Crippen LogP contribution in [0.5, 0.6) is 0 Å². The Bertz CT molecular complexity index is 971. The van der Waals surface area contributed by atoms with Crippen LogP contribution < -0.4 is 11.1 Å². The number of nitrogen functional groups attached to an aromatic ring is 1. The lowest BCUT2D eigenvalue weighted by Gasteiger charge is -2.11. The smallest absolute Gasteiger partial charge is 0.261 e. The van der Waals surface area contributed by atoms with Crippen LogP contribution in [0.2, 0.25) is 0 Å². The minimum absolute atomic E-state index is 0. The second-order valence-corrected chi connectivity index (χ2v) is 5.80. The van der Waals surface area contributed by atoms with Gasteiger partial charge in [0, 0.05) is 26.0 Å². The number of amides is 1. The Hall–Kier alpha value is -3.54. The molecule has 6 heteroatoms. The Kier molecular flexibility index (Phi) is 6.03. The summed E-state index contributed by atoms with van der Waals surface area (Å²) in [5.74, 6) is -3.23. The topological polar surface area (TPSA) is 79.0 Å². The fraction of sp³-hybridized carbons (Fsp3) is 0.0476. The van der Waals surface area contributed by atoms with Gasteiger partial charge in [-0.25, -0.2) is 8.78 Å². The standard InChI is InChI=1S/C21H19F2N3O.2H2/c1-4-18(23)20(13(3)22)21(27)26-16-7-5-14(6-8-16)17-10-19(25)15(11-24)9-12(17)2;;/h4-11,24H,1,3,25H2,2H3,(H,26,27);2*1H/b20-18-,24-11?;;. The van der Waals surface area contributed by atoms with Crippen molar-refractivity contribution < 1.29 is 16.4 Å². The molecule has 0 unspecified atom stereocenters. The maximum atomic E-state index is 13.6. The number of benzene rings is 2. The quantitative estimate of drug-likeness (QED) is 0.269. The zero-order chi connectivity index (χ0) is 20.1. The molecule has 0 bridgehead atoms. The zero-order valence-electron chi connectivity index (χ0n) is 14.8. The first-order valence-corrected chi connectivity index (χ1v) is 7.97. The van der Waals surface area contributed by atoms with Gasteiger partial charge < -0.3 is 16.5 Å². The first kappa shape index (κ1) is 19.8. The molecule has 0 spiro atoms. The van der Waals surface area contributed by atoms with Gasteiger partial charge in [0.2, 0.25) is 0 Å². The van der Waals surface area contributed by atoms with E-state index >= 15 is 0 Å². The number of carbonyl (C=O) groups is 1. The molecular formula is C21H23F2N3O. The summed E-state index contributed by atoms with van der Waals surface area (Å²) in [5.41, 5.74) is 9.29. The van der Waals surface area contributed by atoms with Crippen molar-refractivity contribution in [1.29, 1.82) is 5.41 Å². The van der Waals surface area contributed by atoms with E-state index in [4.69, 9.17) is 11.1 Å². The Labute approximate surface area is 159 Å². The largest absolute Gasteiger partial charge is 0.398 e.